The van der Waals surface area contributed by atoms with Gasteiger partial charge in [-0.3, -0.25) is 4.68 Å². The van der Waals surface area contributed by atoms with E-state index in [9.17, 15) is 4.79 Å². The smallest absolute Gasteiger partial charge is 0.321 e. The molecule has 6 nitrogen and oxygen atoms in total. The molecule has 2 amide bonds. The van der Waals surface area contributed by atoms with Gasteiger partial charge in [0.1, 0.15) is 5.75 Å². The Hall–Kier alpha value is -2.50. The second-order valence-electron chi connectivity index (χ2n) is 6.81. The average Bonchev–Trinajstić information content (AvgIpc) is 3.04. The number of nitrogens with zero attached hydrogens (tertiary/aromatic N) is 3. The van der Waals surface area contributed by atoms with Crippen LogP contribution < -0.4 is 10.1 Å². The predicted molar refractivity (Wildman–Crippen MR) is 98.3 cm³/mol. The third-order valence-electron chi connectivity index (χ3n) is 4.75. The van der Waals surface area contributed by atoms with Crippen LogP contribution >= 0.6 is 0 Å². The van der Waals surface area contributed by atoms with E-state index in [-0.39, 0.29) is 12.1 Å². The highest BCUT2D eigenvalue weighted by molar-refractivity contribution is 5.90. The van der Waals surface area contributed by atoms with Crippen LogP contribution in [0.1, 0.15) is 35.6 Å². The molecule has 1 unspecified atom stereocenters. The molecule has 1 aromatic carbocycles. The minimum absolute atomic E-state index is 0.0654. The summed E-state index contributed by atoms with van der Waals surface area (Å²) in [6.45, 7) is 7.43. The van der Waals surface area contributed by atoms with Crippen molar-refractivity contribution in [3.63, 3.8) is 0 Å². The standard InChI is InChI=1S/C19H26N4O2/c1-13-8-17(15(3)18(9-13)25-4)21-19(24)22-7-5-6-16(12-22)23-11-14(2)10-20-23/h8-11,16H,5-7,12H2,1-4H3,(H,21,24). The van der Waals surface area contributed by atoms with Crippen molar-refractivity contribution in [3.05, 3.63) is 41.2 Å². The summed E-state index contributed by atoms with van der Waals surface area (Å²) in [6.07, 6.45) is 5.93. The first-order valence-corrected chi connectivity index (χ1v) is 8.70. The van der Waals surface area contributed by atoms with E-state index in [2.05, 4.69) is 10.4 Å². The van der Waals surface area contributed by atoms with Gasteiger partial charge >= 0.3 is 6.03 Å². The van der Waals surface area contributed by atoms with Crippen LogP contribution in [-0.4, -0.2) is 40.9 Å². The number of ether oxygens (including phenoxy) is 1. The van der Waals surface area contributed by atoms with E-state index in [0.717, 1.165) is 47.5 Å². The highest BCUT2D eigenvalue weighted by atomic mass is 16.5. The van der Waals surface area contributed by atoms with Gasteiger partial charge in [0.25, 0.3) is 0 Å². The number of hydrogen-bond donors (Lipinski definition) is 1. The Morgan fingerprint density at radius 1 is 1.28 bits per heavy atom. The maximum absolute atomic E-state index is 12.8. The molecule has 0 saturated carbocycles. The lowest BCUT2D eigenvalue weighted by Crippen LogP contribution is -2.43. The molecule has 3 rings (SSSR count). The molecule has 1 atom stereocenters. The second-order valence-corrected chi connectivity index (χ2v) is 6.81. The first-order valence-electron chi connectivity index (χ1n) is 8.70. The van der Waals surface area contributed by atoms with E-state index in [1.165, 1.54) is 0 Å². The number of aromatic nitrogens is 2. The molecular weight excluding hydrogens is 316 g/mol. The molecule has 6 heteroatoms. The van der Waals surface area contributed by atoms with Gasteiger partial charge in [-0.05, 0) is 56.9 Å². The fourth-order valence-corrected chi connectivity index (χ4v) is 3.35. The zero-order valence-corrected chi connectivity index (χ0v) is 15.4. The zero-order chi connectivity index (χ0) is 18.0. The van der Waals surface area contributed by atoms with Gasteiger partial charge in [-0.2, -0.15) is 5.10 Å². The Morgan fingerprint density at radius 2 is 2.08 bits per heavy atom. The Balaban J connectivity index is 1.72. The van der Waals surface area contributed by atoms with E-state index in [1.807, 2.05) is 54.9 Å². The first kappa shape index (κ1) is 17.3. The molecule has 2 aromatic rings. The number of anilines is 1. The summed E-state index contributed by atoms with van der Waals surface area (Å²) >= 11 is 0. The summed E-state index contributed by atoms with van der Waals surface area (Å²) in [5, 5.41) is 7.46. The topological polar surface area (TPSA) is 59.4 Å². The van der Waals surface area contributed by atoms with Crippen molar-refractivity contribution in [1.29, 1.82) is 0 Å². The largest absolute Gasteiger partial charge is 0.496 e. The molecular formula is C19H26N4O2. The predicted octanol–water partition coefficient (Wildman–Crippen LogP) is 3.69. The number of benzene rings is 1. The van der Waals surface area contributed by atoms with Crippen molar-refractivity contribution < 1.29 is 9.53 Å². The van der Waals surface area contributed by atoms with E-state index in [1.54, 1.807) is 7.11 Å². The lowest BCUT2D eigenvalue weighted by Gasteiger charge is -2.33. The molecule has 1 aliphatic heterocycles. The molecule has 1 fully saturated rings. The van der Waals surface area contributed by atoms with E-state index < -0.39 is 0 Å². The van der Waals surface area contributed by atoms with Crippen molar-refractivity contribution in [1.82, 2.24) is 14.7 Å². The number of piperidine rings is 1. The molecule has 1 saturated heterocycles. The second kappa shape index (κ2) is 7.17. The molecule has 0 spiro atoms. The van der Waals surface area contributed by atoms with Gasteiger partial charge in [-0.1, -0.05) is 0 Å². The van der Waals surface area contributed by atoms with Crippen LogP contribution in [0, 0.1) is 20.8 Å². The number of aryl methyl sites for hydroxylation is 2. The number of methoxy groups -OCH3 is 1. The van der Waals surface area contributed by atoms with Gasteiger partial charge in [-0.25, -0.2) is 4.79 Å². The van der Waals surface area contributed by atoms with E-state index in [0.29, 0.717) is 6.54 Å². The van der Waals surface area contributed by atoms with Gasteiger partial charge in [0.15, 0.2) is 0 Å². The maximum Gasteiger partial charge on any atom is 0.321 e. The lowest BCUT2D eigenvalue weighted by atomic mass is 10.1. The fourth-order valence-electron chi connectivity index (χ4n) is 3.35. The number of amides is 2. The molecule has 0 radical (unpaired) electrons. The number of nitrogens with one attached hydrogen (secondary N) is 1. The highest BCUT2D eigenvalue weighted by Gasteiger charge is 2.25. The molecule has 1 N–H and O–H groups in total. The number of hydrogen-bond acceptors (Lipinski definition) is 3. The summed E-state index contributed by atoms with van der Waals surface area (Å²) in [5.41, 5.74) is 3.95. The van der Waals surface area contributed by atoms with Crippen molar-refractivity contribution in [3.8, 4) is 5.75 Å². The van der Waals surface area contributed by atoms with Crippen LogP contribution in [-0.2, 0) is 0 Å². The Morgan fingerprint density at radius 3 is 2.76 bits per heavy atom. The number of carbonyl (C=O) groups is 1. The van der Waals surface area contributed by atoms with Crippen molar-refractivity contribution in [2.45, 2.75) is 39.7 Å². The Kier molecular flexibility index (Phi) is 4.97. The van der Waals surface area contributed by atoms with Gasteiger partial charge < -0.3 is 15.0 Å². The molecule has 0 aliphatic carbocycles. The highest BCUT2D eigenvalue weighted by Crippen LogP contribution is 2.28. The molecule has 134 valence electrons. The van der Waals surface area contributed by atoms with Crippen molar-refractivity contribution in [2.24, 2.45) is 0 Å². The van der Waals surface area contributed by atoms with Crippen LogP contribution in [0.3, 0.4) is 0 Å². The molecule has 0 bridgehead atoms. The third-order valence-corrected chi connectivity index (χ3v) is 4.75. The monoisotopic (exact) mass is 342 g/mol. The van der Waals surface area contributed by atoms with Gasteiger partial charge in [0.2, 0.25) is 0 Å². The normalized spacial score (nSPS) is 17.4. The molecule has 25 heavy (non-hydrogen) atoms. The summed E-state index contributed by atoms with van der Waals surface area (Å²) < 4.78 is 7.38. The Bertz CT molecular complexity index is 769. The minimum atomic E-state index is -0.0654. The van der Waals surface area contributed by atoms with Crippen LogP contribution in [0.15, 0.2) is 24.5 Å². The molecule has 1 aliphatic rings. The number of likely N-dealkylation sites (tertiary alicyclic amines) is 1. The van der Waals surface area contributed by atoms with Crippen LogP contribution in [0.5, 0.6) is 5.75 Å². The summed E-state index contributed by atoms with van der Waals surface area (Å²) in [6, 6.07) is 4.13. The molecule has 2 heterocycles. The summed E-state index contributed by atoms with van der Waals surface area (Å²) in [7, 11) is 1.65. The number of carbonyl (C=O) groups excluding carboxylic acids is 1. The van der Waals surface area contributed by atoms with Gasteiger partial charge in [-0.15, -0.1) is 0 Å². The summed E-state index contributed by atoms with van der Waals surface area (Å²) in [4.78, 5) is 14.6. The zero-order valence-electron chi connectivity index (χ0n) is 15.4. The van der Waals surface area contributed by atoms with Gasteiger partial charge in [0.05, 0.1) is 19.3 Å². The number of rotatable bonds is 3. The van der Waals surface area contributed by atoms with Gasteiger partial charge in [0, 0.05) is 30.5 Å². The first-order chi connectivity index (χ1) is 12.0. The van der Waals surface area contributed by atoms with E-state index in [4.69, 9.17) is 4.74 Å². The third kappa shape index (κ3) is 3.78. The van der Waals surface area contributed by atoms with Crippen molar-refractivity contribution >= 4 is 11.7 Å². The maximum atomic E-state index is 12.8. The average molecular weight is 342 g/mol. The Labute approximate surface area is 148 Å². The minimum Gasteiger partial charge on any atom is -0.496 e. The lowest BCUT2D eigenvalue weighted by molar-refractivity contribution is 0.174. The van der Waals surface area contributed by atoms with Crippen LogP contribution in [0.25, 0.3) is 0 Å². The molecule has 1 aromatic heterocycles. The number of urea groups is 1. The van der Waals surface area contributed by atoms with Crippen molar-refractivity contribution in [2.75, 3.05) is 25.5 Å². The summed E-state index contributed by atoms with van der Waals surface area (Å²) in [5.74, 6) is 0.791. The SMILES string of the molecule is COc1cc(C)cc(NC(=O)N2CCCC(n3cc(C)cn3)C2)c1C. The van der Waals surface area contributed by atoms with E-state index >= 15 is 0 Å². The van der Waals surface area contributed by atoms with Crippen LogP contribution in [0.4, 0.5) is 10.5 Å². The fraction of sp³-hybridized carbons (Fsp3) is 0.474. The van der Waals surface area contributed by atoms with Crippen LogP contribution in [0.2, 0.25) is 0 Å². The quantitative estimate of drug-likeness (QED) is 0.925.